The van der Waals surface area contributed by atoms with Gasteiger partial charge in [0.1, 0.15) is 17.6 Å². The second kappa shape index (κ2) is 7.14. The fraction of sp³-hybridized carbons (Fsp3) is 0.333. The summed E-state index contributed by atoms with van der Waals surface area (Å²) in [5, 5.41) is 10.6. The Labute approximate surface area is 126 Å². The number of hydrogen-bond donors (Lipinski definition) is 1. The molecule has 3 heteroatoms. The van der Waals surface area contributed by atoms with Crippen molar-refractivity contribution in [1.82, 2.24) is 0 Å². The van der Waals surface area contributed by atoms with Gasteiger partial charge in [-0.1, -0.05) is 30.7 Å². The van der Waals surface area contributed by atoms with Crippen LogP contribution in [0.2, 0.25) is 0 Å². The number of aryl methyl sites for hydroxylation is 1. The molecule has 0 radical (unpaired) electrons. The Morgan fingerprint density at radius 3 is 2.43 bits per heavy atom. The first-order valence-electron chi connectivity index (χ1n) is 7.21. The van der Waals surface area contributed by atoms with E-state index < -0.39 is 6.10 Å². The summed E-state index contributed by atoms with van der Waals surface area (Å²) in [6.07, 6.45) is 0.269. The molecule has 2 aromatic carbocycles. The lowest BCUT2D eigenvalue weighted by Gasteiger charge is -2.16. The van der Waals surface area contributed by atoms with Crippen LogP contribution in [-0.4, -0.2) is 18.8 Å². The quantitative estimate of drug-likeness (QED) is 0.876. The van der Waals surface area contributed by atoms with Gasteiger partial charge in [0.2, 0.25) is 0 Å². The number of aliphatic hydroxyl groups excluding tert-OH is 1. The normalized spacial score (nSPS) is 12.0. The fourth-order valence-electron chi connectivity index (χ4n) is 2.21. The van der Waals surface area contributed by atoms with Gasteiger partial charge in [0.15, 0.2) is 0 Å². The number of aliphatic hydroxyl groups is 1. The maximum atomic E-state index is 10.6. The molecular weight excluding hydrogens is 264 g/mol. The first kappa shape index (κ1) is 15.4. The van der Waals surface area contributed by atoms with Crippen LogP contribution < -0.4 is 9.47 Å². The third kappa shape index (κ3) is 3.76. The summed E-state index contributed by atoms with van der Waals surface area (Å²) < 4.78 is 10.9. The minimum atomic E-state index is -0.708. The Balaban J connectivity index is 2.23. The minimum Gasteiger partial charge on any atom is -0.496 e. The van der Waals surface area contributed by atoms with Crippen LogP contribution in [0, 0.1) is 6.92 Å². The highest BCUT2D eigenvalue weighted by atomic mass is 16.5. The van der Waals surface area contributed by atoms with E-state index in [2.05, 4.69) is 6.92 Å². The highest BCUT2D eigenvalue weighted by Crippen LogP contribution is 2.31. The second-order valence-electron chi connectivity index (χ2n) is 5.07. The molecule has 0 saturated carbocycles. The molecule has 1 N–H and O–H groups in total. The molecule has 2 aromatic rings. The first-order chi connectivity index (χ1) is 10.2. The summed E-state index contributed by atoms with van der Waals surface area (Å²) in [5.41, 5.74) is 2.69. The van der Waals surface area contributed by atoms with Crippen molar-refractivity contribution in [1.29, 1.82) is 0 Å². The molecule has 0 spiro atoms. The smallest absolute Gasteiger partial charge is 0.125 e. The molecule has 0 aliphatic carbocycles. The summed E-state index contributed by atoms with van der Waals surface area (Å²) in [7, 11) is 1.61. The largest absolute Gasteiger partial charge is 0.496 e. The Hall–Kier alpha value is -2.00. The highest BCUT2D eigenvalue weighted by molar-refractivity contribution is 5.43. The predicted octanol–water partition coefficient (Wildman–Crippen LogP) is 3.87. The average molecular weight is 286 g/mol. The van der Waals surface area contributed by atoms with E-state index in [-0.39, 0.29) is 0 Å². The van der Waals surface area contributed by atoms with Gasteiger partial charge in [0, 0.05) is 5.56 Å². The highest BCUT2D eigenvalue weighted by Gasteiger charge is 2.15. The summed E-state index contributed by atoms with van der Waals surface area (Å²) in [6.45, 7) is 4.77. The number of benzene rings is 2. The van der Waals surface area contributed by atoms with Crippen molar-refractivity contribution in [2.75, 3.05) is 13.7 Å². The van der Waals surface area contributed by atoms with Crippen LogP contribution in [0.15, 0.2) is 42.5 Å². The molecule has 1 unspecified atom stereocenters. The monoisotopic (exact) mass is 286 g/mol. The molecule has 0 aromatic heterocycles. The van der Waals surface area contributed by atoms with Crippen LogP contribution in [0.4, 0.5) is 0 Å². The van der Waals surface area contributed by atoms with E-state index in [9.17, 15) is 5.11 Å². The van der Waals surface area contributed by atoms with Gasteiger partial charge in [-0.2, -0.15) is 0 Å². The van der Waals surface area contributed by atoms with Crippen LogP contribution in [0.1, 0.15) is 36.1 Å². The summed E-state index contributed by atoms with van der Waals surface area (Å²) in [4.78, 5) is 0. The van der Waals surface area contributed by atoms with Crippen LogP contribution in [-0.2, 0) is 0 Å². The van der Waals surface area contributed by atoms with E-state index in [0.717, 1.165) is 28.9 Å². The second-order valence-corrected chi connectivity index (χ2v) is 5.07. The number of rotatable bonds is 6. The van der Waals surface area contributed by atoms with Crippen LogP contribution in [0.5, 0.6) is 11.5 Å². The van der Waals surface area contributed by atoms with Crippen molar-refractivity contribution >= 4 is 0 Å². The van der Waals surface area contributed by atoms with Gasteiger partial charge in [-0.3, -0.25) is 0 Å². The zero-order chi connectivity index (χ0) is 15.2. The molecule has 1 atom stereocenters. The van der Waals surface area contributed by atoms with Crippen LogP contribution >= 0.6 is 0 Å². The lowest BCUT2D eigenvalue weighted by molar-refractivity contribution is 0.214. The summed E-state index contributed by atoms with van der Waals surface area (Å²) in [5.74, 6) is 1.52. The van der Waals surface area contributed by atoms with Crippen molar-refractivity contribution < 1.29 is 14.6 Å². The van der Waals surface area contributed by atoms with E-state index in [1.165, 1.54) is 0 Å². The summed E-state index contributed by atoms with van der Waals surface area (Å²) in [6, 6.07) is 13.3. The third-order valence-electron chi connectivity index (χ3n) is 3.35. The van der Waals surface area contributed by atoms with Gasteiger partial charge in [0.05, 0.1) is 13.7 Å². The molecule has 0 fully saturated rings. The zero-order valence-electron chi connectivity index (χ0n) is 12.8. The van der Waals surface area contributed by atoms with E-state index in [1.54, 1.807) is 7.11 Å². The Bertz CT molecular complexity index is 576. The maximum Gasteiger partial charge on any atom is 0.125 e. The van der Waals surface area contributed by atoms with Crippen molar-refractivity contribution in [3.05, 3.63) is 59.2 Å². The number of ether oxygens (including phenoxy) is 2. The van der Waals surface area contributed by atoms with Gasteiger partial charge in [-0.15, -0.1) is 0 Å². The molecule has 0 bridgehead atoms. The lowest BCUT2D eigenvalue weighted by Crippen LogP contribution is -2.03. The Kier molecular flexibility index (Phi) is 5.23. The van der Waals surface area contributed by atoms with E-state index in [0.29, 0.717) is 12.4 Å². The fourth-order valence-corrected chi connectivity index (χ4v) is 2.21. The molecule has 0 amide bonds. The van der Waals surface area contributed by atoms with Gasteiger partial charge in [-0.25, -0.2) is 0 Å². The molecular formula is C18H22O3. The van der Waals surface area contributed by atoms with Gasteiger partial charge in [0.25, 0.3) is 0 Å². The van der Waals surface area contributed by atoms with Gasteiger partial charge < -0.3 is 14.6 Å². The molecule has 112 valence electrons. The van der Waals surface area contributed by atoms with E-state index in [4.69, 9.17) is 9.47 Å². The molecule has 2 rings (SSSR count). The third-order valence-corrected chi connectivity index (χ3v) is 3.35. The number of hydrogen-bond acceptors (Lipinski definition) is 3. The maximum absolute atomic E-state index is 10.6. The summed E-state index contributed by atoms with van der Waals surface area (Å²) >= 11 is 0. The average Bonchev–Trinajstić information content (AvgIpc) is 2.52. The van der Waals surface area contributed by atoms with Crippen molar-refractivity contribution in [3.8, 4) is 11.5 Å². The molecule has 0 aliphatic heterocycles. The van der Waals surface area contributed by atoms with Crippen LogP contribution in [0.25, 0.3) is 0 Å². The predicted molar refractivity (Wildman–Crippen MR) is 84.0 cm³/mol. The van der Waals surface area contributed by atoms with Crippen molar-refractivity contribution in [2.45, 2.75) is 26.4 Å². The molecule has 21 heavy (non-hydrogen) atoms. The zero-order valence-corrected chi connectivity index (χ0v) is 12.8. The topological polar surface area (TPSA) is 38.7 Å². The molecule has 0 saturated heterocycles. The van der Waals surface area contributed by atoms with Gasteiger partial charge >= 0.3 is 0 Å². The Morgan fingerprint density at radius 2 is 1.81 bits per heavy atom. The molecule has 0 aliphatic rings. The van der Waals surface area contributed by atoms with E-state index in [1.807, 2.05) is 49.4 Å². The number of methoxy groups -OCH3 is 1. The lowest BCUT2D eigenvalue weighted by atomic mass is 9.99. The SMILES string of the molecule is CCCOc1ccc(C(O)c2cc(C)ccc2OC)cc1. The Morgan fingerprint density at radius 1 is 1.10 bits per heavy atom. The van der Waals surface area contributed by atoms with Crippen molar-refractivity contribution in [2.24, 2.45) is 0 Å². The van der Waals surface area contributed by atoms with Crippen LogP contribution in [0.3, 0.4) is 0 Å². The minimum absolute atomic E-state index is 0.694. The molecule has 3 nitrogen and oxygen atoms in total. The molecule has 0 heterocycles. The standard InChI is InChI=1S/C18H22O3/c1-4-11-21-15-8-6-14(7-9-15)18(19)16-12-13(2)5-10-17(16)20-3/h5-10,12,18-19H,4,11H2,1-3H3. The van der Waals surface area contributed by atoms with E-state index >= 15 is 0 Å². The van der Waals surface area contributed by atoms with Crippen molar-refractivity contribution in [3.63, 3.8) is 0 Å². The van der Waals surface area contributed by atoms with Gasteiger partial charge in [-0.05, 0) is 43.2 Å². The first-order valence-corrected chi connectivity index (χ1v) is 7.21.